The average Bonchev–Trinajstić information content (AvgIpc) is 2.90. The van der Waals surface area contributed by atoms with E-state index >= 15 is 0 Å². The SMILES string of the molecule is COC[C@H](C)NC1CCC(Nc2cc(-c3nccc(NCC4(C#N)CCOCC4)n3)c(F)cn2)CC1. The smallest absolute Gasteiger partial charge is 0.164 e. The van der Waals surface area contributed by atoms with Gasteiger partial charge < -0.3 is 25.4 Å². The lowest BCUT2D eigenvalue weighted by atomic mass is 9.82. The van der Waals surface area contributed by atoms with E-state index in [0.29, 0.717) is 68.5 Å². The Morgan fingerprint density at radius 2 is 1.94 bits per heavy atom. The molecule has 10 heteroatoms. The van der Waals surface area contributed by atoms with Crippen molar-refractivity contribution in [1.29, 1.82) is 5.26 Å². The second-order valence-electron chi connectivity index (χ2n) is 9.89. The van der Waals surface area contributed by atoms with Crippen LogP contribution >= 0.6 is 0 Å². The van der Waals surface area contributed by atoms with Crippen molar-refractivity contribution in [2.24, 2.45) is 5.41 Å². The summed E-state index contributed by atoms with van der Waals surface area (Å²) in [7, 11) is 1.72. The Labute approximate surface area is 212 Å². The normalized spacial score (nSPS) is 22.4. The van der Waals surface area contributed by atoms with Crippen molar-refractivity contribution in [2.45, 2.75) is 63.6 Å². The molecule has 0 bridgehead atoms. The average molecular weight is 498 g/mol. The minimum atomic E-state index is -0.487. The number of anilines is 2. The van der Waals surface area contributed by atoms with Crippen molar-refractivity contribution < 1.29 is 13.9 Å². The fourth-order valence-electron chi connectivity index (χ4n) is 4.94. The van der Waals surface area contributed by atoms with Gasteiger partial charge in [-0.3, -0.25) is 0 Å². The Kier molecular flexibility index (Phi) is 9.02. The largest absolute Gasteiger partial charge is 0.383 e. The summed E-state index contributed by atoms with van der Waals surface area (Å²) in [4.78, 5) is 13.1. The highest BCUT2D eigenvalue weighted by Crippen LogP contribution is 2.30. The van der Waals surface area contributed by atoms with Crippen LogP contribution in [0.3, 0.4) is 0 Å². The standard InChI is InChI=1S/C26H36FN7O2/c1-18(15-35-2)32-19-3-5-20(6-4-19)33-24-13-21(22(27)14-30-24)25-29-10-7-23(34-25)31-17-26(16-28)8-11-36-12-9-26/h7,10,13-14,18-20,32H,3-6,8-9,11-12,15,17H2,1-2H3,(H,30,33)(H,29,31,34)/t18-,19?,20?/m0/s1. The number of halogens is 1. The maximum Gasteiger partial charge on any atom is 0.164 e. The molecule has 1 aliphatic heterocycles. The molecule has 9 nitrogen and oxygen atoms in total. The molecule has 3 N–H and O–H groups in total. The highest BCUT2D eigenvalue weighted by Gasteiger charge is 2.32. The first-order chi connectivity index (χ1) is 17.5. The molecular weight excluding hydrogens is 461 g/mol. The maximum atomic E-state index is 14.7. The summed E-state index contributed by atoms with van der Waals surface area (Å²) in [6.45, 7) is 4.45. The van der Waals surface area contributed by atoms with Crippen molar-refractivity contribution in [2.75, 3.05) is 44.1 Å². The number of methoxy groups -OCH3 is 1. The molecular formula is C26H36FN7O2. The number of hydrogen-bond donors (Lipinski definition) is 3. The van der Waals surface area contributed by atoms with Gasteiger partial charge in [-0.05, 0) is 57.6 Å². The first-order valence-electron chi connectivity index (χ1n) is 12.7. The number of nitrogens with one attached hydrogen (secondary N) is 3. The first kappa shape index (κ1) is 26.2. The van der Waals surface area contributed by atoms with Gasteiger partial charge in [-0.15, -0.1) is 0 Å². The van der Waals surface area contributed by atoms with Gasteiger partial charge in [-0.2, -0.15) is 5.26 Å². The molecule has 194 valence electrons. The molecule has 0 radical (unpaired) electrons. The van der Waals surface area contributed by atoms with Crippen LogP contribution in [0.4, 0.5) is 16.0 Å². The van der Waals surface area contributed by atoms with Crippen LogP contribution in [0.15, 0.2) is 24.5 Å². The lowest BCUT2D eigenvalue weighted by Crippen LogP contribution is -2.42. The van der Waals surface area contributed by atoms with E-state index in [2.05, 4.69) is 43.9 Å². The van der Waals surface area contributed by atoms with Crippen LogP contribution in [0.5, 0.6) is 0 Å². The number of hydrogen-bond acceptors (Lipinski definition) is 9. The zero-order valence-corrected chi connectivity index (χ0v) is 21.1. The fourth-order valence-corrected chi connectivity index (χ4v) is 4.94. The Balaban J connectivity index is 1.37. The number of nitriles is 1. The van der Waals surface area contributed by atoms with Gasteiger partial charge in [0.2, 0.25) is 0 Å². The van der Waals surface area contributed by atoms with Gasteiger partial charge in [-0.25, -0.2) is 19.3 Å². The second-order valence-corrected chi connectivity index (χ2v) is 9.89. The third-order valence-corrected chi connectivity index (χ3v) is 7.06. The lowest BCUT2D eigenvalue weighted by molar-refractivity contribution is 0.0455. The monoisotopic (exact) mass is 497 g/mol. The van der Waals surface area contributed by atoms with Crippen LogP contribution in [-0.4, -0.2) is 66.6 Å². The minimum Gasteiger partial charge on any atom is -0.383 e. The van der Waals surface area contributed by atoms with Crippen molar-refractivity contribution in [3.05, 3.63) is 30.3 Å². The van der Waals surface area contributed by atoms with Gasteiger partial charge in [0.25, 0.3) is 0 Å². The predicted octanol–water partition coefficient (Wildman–Crippen LogP) is 3.76. The second kappa shape index (κ2) is 12.4. The van der Waals surface area contributed by atoms with Gasteiger partial charge in [0.15, 0.2) is 11.6 Å². The van der Waals surface area contributed by atoms with Gasteiger partial charge in [0, 0.05) is 51.2 Å². The molecule has 1 atom stereocenters. The van der Waals surface area contributed by atoms with Gasteiger partial charge in [-0.1, -0.05) is 0 Å². The van der Waals surface area contributed by atoms with Gasteiger partial charge in [0.05, 0.1) is 29.9 Å². The van der Waals surface area contributed by atoms with E-state index in [1.165, 1.54) is 6.20 Å². The van der Waals surface area contributed by atoms with Crippen LogP contribution in [-0.2, 0) is 9.47 Å². The number of nitrogens with zero attached hydrogens (tertiary/aromatic N) is 4. The van der Waals surface area contributed by atoms with E-state index in [1.54, 1.807) is 25.4 Å². The zero-order chi connectivity index (χ0) is 25.4. The third-order valence-electron chi connectivity index (χ3n) is 7.06. The van der Waals surface area contributed by atoms with E-state index in [1.807, 2.05) is 0 Å². The predicted molar refractivity (Wildman–Crippen MR) is 136 cm³/mol. The van der Waals surface area contributed by atoms with E-state index in [-0.39, 0.29) is 11.9 Å². The molecule has 2 aromatic heterocycles. The van der Waals surface area contributed by atoms with Crippen LogP contribution in [0, 0.1) is 22.6 Å². The molecule has 3 heterocycles. The molecule has 2 aromatic rings. The third kappa shape index (κ3) is 6.87. The Hall–Kier alpha value is -2.87. The topological polar surface area (TPSA) is 117 Å². The highest BCUT2D eigenvalue weighted by molar-refractivity contribution is 5.61. The zero-order valence-electron chi connectivity index (χ0n) is 21.1. The lowest BCUT2D eigenvalue weighted by Gasteiger charge is -2.31. The molecule has 0 unspecified atom stereocenters. The molecule has 0 aromatic carbocycles. The van der Waals surface area contributed by atoms with Crippen molar-refractivity contribution in [3.63, 3.8) is 0 Å². The van der Waals surface area contributed by atoms with Crippen LogP contribution in [0.1, 0.15) is 45.4 Å². The van der Waals surface area contributed by atoms with Crippen LogP contribution < -0.4 is 16.0 Å². The van der Waals surface area contributed by atoms with E-state index in [9.17, 15) is 9.65 Å². The molecule has 1 aliphatic carbocycles. The number of pyridine rings is 1. The summed E-state index contributed by atoms with van der Waals surface area (Å²) in [6.07, 6.45) is 8.30. The minimum absolute atomic E-state index is 0.279. The Morgan fingerprint density at radius 1 is 1.19 bits per heavy atom. The van der Waals surface area contributed by atoms with E-state index in [4.69, 9.17) is 9.47 Å². The number of rotatable bonds is 10. The van der Waals surface area contributed by atoms with Crippen molar-refractivity contribution >= 4 is 11.6 Å². The first-order valence-corrected chi connectivity index (χ1v) is 12.7. The van der Waals surface area contributed by atoms with Crippen molar-refractivity contribution in [3.8, 4) is 17.5 Å². The summed E-state index contributed by atoms with van der Waals surface area (Å²) in [5.41, 5.74) is -0.195. The molecule has 0 spiro atoms. The fraction of sp³-hybridized carbons (Fsp3) is 0.615. The summed E-state index contributed by atoms with van der Waals surface area (Å²) in [5, 5.41) is 20.0. The Bertz CT molecular complexity index is 1030. The molecule has 2 aliphatic rings. The molecule has 36 heavy (non-hydrogen) atoms. The molecule has 0 amide bonds. The maximum absolute atomic E-state index is 14.7. The summed E-state index contributed by atoms with van der Waals surface area (Å²) >= 11 is 0. The molecule has 2 fully saturated rings. The van der Waals surface area contributed by atoms with Gasteiger partial charge in [0.1, 0.15) is 11.6 Å². The van der Waals surface area contributed by atoms with Crippen LogP contribution in [0.25, 0.3) is 11.4 Å². The molecule has 1 saturated heterocycles. The summed E-state index contributed by atoms with van der Waals surface area (Å²) in [6, 6.07) is 6.93. The van der Waals surface area contributed by atoms with E-state index < -0.39 is 11.2 Å². The van der Waals surface area contributed by atoms with Gasteiger partial charge >= 0.3 is 0 Å². The van der Waals surface area contributed by atoms with Crippen LogP contribution in [0.2, 0.25) is 0 Å². The number of aromatic nitrogens is 3. The Morgan fingerprint density at radius 3 is 2.67 bits per heavy atom. The van der Waals surface area contributed by atoms with E-state index in [0.717, 1.165) is 25.7 Å². The highest BCUT2D eigenvalue weighted by atomic mass is 19.1. The summed E-state index contributed by atoms with van der Waals surface area (Å²) in [5.74, 6) is 0.972. The quantitative estimate of drug-likeness (QED) is 0.451. The molecule has 1 saturated carbocycles. The van der Waals surface area contributed by atoms with Crippen molar-refractivity contribution in [1.82, 2.24) is 20.3 Å². The molecule has 4 rings (SSSR count). The number of ether oxygens (including phenoxy) is 2. The summed E-state index contributed by atoms with van der Waals surface area (Å²) < 4.78 is 25.3.